The topological polar surface area (TPSA) is 104 Å². The van der Waals surface area contributed by atoms with Gasteiger partial charge in [-0.25, -0.2) is 27.7 Å². The molecular formula is C34H36FN3O4S2. The molecule has 0 bridgehead atoms. The van der Waals surface area contributed by atoms with Crippen LogP contribution in [-0.4, -0.2) is 30.5 Å². The Balaban J connectivity index is 1.63. The van der Waals surface area contributed by atoms with Gasteiger partial charge in [-0.1, -0.05) is 43.9 Å². The average molecular weight is 634 g/mol. The zero-order chi connectivity index (χ0) is 31.4. The van der Waals surface area contributed by atoms with Crippen LogP contribution in [0.2, 0.25) is 0 Å². The molecule has 0 saturated heterocycles. The zero-order valence-corrected chi connectivity index (χ0v) is 26.7. The van der Waals surface area contributed by atoms with E-state index in [0.717, 1.165) is 60.2 Å². The quantitative estimate of drug-likeness (QED) is 0.141. The fourth-order valence-electron chi connectivity index (χ4n) is 5.04. The number of carbonyl (C=O) groups excluding carboxylic acids is 1. The van der Waals surface area contributed by atoms with Gasteiger partial charge in [-0.3, -0.25) is 0 Å². The number of nitrogens with two attached hydrogens (primary N) is 1. The summed E-state index contributed by atoms with van der Waals surface area (Å²) < 4.78 is 45.9. The largest absolute Gasteiger partial charge is 0.461 e. The third-order valence-corrected chi connectivity index (χ3v) is 9.31. The predicted molar refractivity (Wildman–Crippen MR) is 171 cm³/mol. The highest BCUT2D eigenvalue weighted by Gasteiger charge is 2.28. The maximum absolute atomic E-state index is 14.9. The van der Waals surface area contributed by atoms with Gasteiger partial charge < -0.3 is 9.30 Å². The minimum absolute atomic E-state index is 0.261. The fourth-order valence-corrected chi connectivity index (χ4v) is 6.46. The fraction of sp³-hybridized carbons (Fsp3) is 0.353. The molecule has 4 aromatic rings. The molecule has 0 aliphatic heterocycles. The molecule has 1 aliphatic carbocycles. The molecule has 2 aromatic heterocycles. The molecule has 0 atom stereocenters. The van der Waals surface area contributed by atoms with E-state index in [4.69, 9.17) is 9.88 Å². The Morgan fingerprint density at radius 2 is 2.00 bits per heavy atom. The number of thiazole rings is 1. The molecule has 0 radical (unpaired) electrons. The van der Waals surface area contributed by atoms with Gasteiger partial charge in [-0.2, -0.15) is 0 Å². The van der Waals surface area contributed by atoms with Crippen molar-refractivity contribution >= 4 is 27.3 Å². The van der Waals surface area contributed by atoms with E-state index in [0.29, 0.717) is 29.0 Å². The Labute approximate surface area is 262 Å². The Bertz CT molecular complexity index is 1840. The second-order valence-corrected chi connectivity index (χ2v) is 13.9. The highest BCUT2D eigenvalue weighted by atomic mass is 32.2. The number of halogens is 1. The lowest BCUT2D eigenvalue weighted by molar-refractivity contribution is 0.0520. The van der Waals surface area contributed by atoms with Crippen LogP contribution in [0.4, 0.5) is 4.39 Å². The van der Waals surface area contributed by atoms with Crippen LogP contribution in [0.15, 0.2) is 58.8 Å². The van der Waals surface area contributed by atoms with E-state index in [1.807, 2.05) is 18.2 Å². The van der Waals surface area contributed by atoms with Crippen LogP contribution < -0.4 is 5.14 Å². The Hall–Kier alpha value is -3.78. The number of rotatable bonds is 11. The molecule has 10 heteroatoms. The standard InChI is InChI=1S/C34H36FN3O4S2/c1-4-42-34(39)29-21-43-33(37-29)27-19-30(26-11-7-10-23(16-26)9-6-5-8-22(2)3)38(31(27)18-24-12-13-24)20-25-14-15-32(28(35)17-25)44(36,40)41/h7,10-11,14-17,19,21-22,24H,4-5,8,12-13,18,20H2,1-3H3,(H2,36,40,41). The van der Waals surface area contributed by atoms with E-state index < -0.39 is 26.7 Å². The number of benzene rings is 2. The van der Waals surface area contributed by atoms with Crippen LogP contribution in [0.25, 0.3) is 21.8 Å². The number of hydrogen-bond donors (Lipinski definition) is 1. The first kappa shape index (κ1) is 31.6. The van der Waals surface area contributed by atoms with Gasteiger partial charge in [-0.05, 0) is 85.9 Å². The van der Waals surface area contributed by atoms with Gasteiger partial charge in [0.15, 0.2) is 5.69 Å². The number of primary sulfonamides is 1. The van der Waals surface area contributed by atoms with Crippen LogP contribution in [0.5, 0.6) is 0 Å². The van der Waals surface area contributed by atoms with Crippen molar-refractivity contribution in [2.24, 2.45) is 17.0 Å². The van der Waals surface area contributed by atoms with Crippen LogP contribution in [-0.2, 0) is 27.7 Å². The minimum Gasteiger partial charge on any atom is -0.461 e. The maximum Gasteiger partial charge on any atom is 0.357 e. The van der Waals surface area contributed by atoms with Crippen molar-refractivity contribution in [1.29, 1.82) is 0 Å². The summed E-state index contributed by atoms with van der Waals surface area (Å²) >= 11 is 1.38. The molecule has 5 rings (SSSR count). The number of sulfonamides is 1. The van der Waals surface area contributed by atoms with Crippen molar-refractivity contribution in [2.75, 3.05) is 6.61 Å². The Morgan fingerprint density at radius 3 is 2.68 bits per heavy atom. The van der Waals surface area contributed by atoms with Crippen molar-refractivity contribution in [2.45, 2.75) is 64.3 Å². The van der Waals surface area contributed by atoms with Crippen molar-refractivity contribution in [3.8, 4) is 33.7 Å². The molecule has 0 spiro atoms. The third kappa shape index (κ3) is 7.65. The molecule has 2 aromatic carbocycles. The maximum atomic E-state index is 14.9. The predicted octanol–water partition coefficient (Wildman–Crippen LogP) is 7.03. The van der Waals surface area contributed by atoms with E-state index in [-0.39, 0.29) is 12.3 Å². The molecule has 1 fully saturated rings. The van der Waals surface area contributed by atoms with Gasteiger partial charge in [0, 0.05) is 40.9 Å². The third-order valence-electron chi connectivity index (χ3n) is 7.49. The molecule has 2 heterocycles. The number of esters is 1. The van der Waals surface area contributed by atoms with E-state index in [1.54, 1.807) is 18.4 Å². The normalized spacial score (nSPS) is 13.1. The lowest BCUT2D eigenvalue weighted by Crippen LogP contribution is -2.14. The molecule has 0 amide bonds. The Kier molecular flexibility index (Phi) is 9.68. The highest BCUT2D eigenvalue weighted by molar-refractivity contribution is 7.89. The summed E-state index contributed by atoms with van der Waals surface area (Å²) in [6.45, 7) is 6.67. The first-order valence-corrected chi connectivity index (χ1v) is 17.2. The van der Waals surface area contributed by atoms with Crippen LogP contribution >= 0.6 is 11.3 Å². The van der Waals surface area contributed by atoms with E-state index >= 15 is 0 Å². The van der Waals surface area contributed by atoms with Gasteiger partial charge in [-0.15, -0.1) is 11.3 Å². The highest BCUT2D eigenvalue weighted by Crippen LogP contribution is 2.41. The van der Waals surface area contributed by atoms with Gasteiger partial charge in [0.1, 0.15) is 15.7 Å². The Morgan fingerprint density at radius 1 is 1.20 bits per heavy atom. The second kappa shape index (κ2) is 13.5. The summed E-state index contributed by atoms with van der Waals surface area (Å²) in [5, 5.41) is 7.61. The van der Waals surface area contributed by atoms with Gasteiger partial charge in [0.2, 0.25) is 10.0 Å². The molecule has 0 unspecified atom stereocenters. The molecule has 7 nitrogen and oxygen atoms in total. The van der Waals surface area contributed by atoms with Crippen molar-refractivity contribution < 1.29 is 22.3 Å². The smallest absolute Gasteiger partial charge is 0.357 e. The number of aromatic nitrogens is 2. The lowest BCUT2D eigenvalue weighted by atomic mass is 10.1. The van der Waals surface area contributed by atoms with Gasteiger partial charge in [0.25, 0.3) is 0 Å². The average Bonchev–Trinajstić information content (AvgIpc) is 3.53. The van der Waals surface area contributed by atoms with Crippen molar-refractivity contribution in [3.63, 3.8) is 0 Å². The molecular weight excluding hydrogens is 598 g/mol. The van der Waals surface area contributed by atoms with E-state index in [9.17, 15) is 17.6 Å². The summed E-state index contributed by atoms with van der Waals surface area (Å²) in [7, 11) is -4.19. The number of nitrogens with zero attached hydrogens (tertiary/aromatic N) is 2. The minimum atomic E-state index is -4.19. The summed E-state index contributed by atoms with van der Waals surface area (Å²) in [5.74, 6) is 6.32. The molecule has 2 N–H and O–H groups in total. The van der Waals surface area contributed by atoms with Crippen LogP contribution in [0.3, 0.4) is 0 Å². The lowest BCUT2D eigenvalue weighted by Gasteiger charge is -2.16. The van der Waals surface area contributed by atoms with Crippen molar-refractivity contribution in [3.05, 3.63) is 82.2 Å². The first-order chi connectivity index (χ1) is 21.0. The summed E-state index contributed by atoms with van der Waals surface area (Å²) in [5.41, 5.74) is 5.51. The molecule has 230 valence electrons. The van der Waals surface area contributed by atoms with Gasteiger partial charge >= 0.3 is 5.97 Å². The monoisotopic (exact) mass is 633 g/mol. The molecule has 1 aliphatic rings. The number of ether oxygens (including phenoxy) is 1. The van der Waals surface area contributed by atoms with Crippen molar-refractivity contribution in [1.82, 2.24) is 9.55 Å². The first-order valence-electron chi connectivity index (χ1n) is 14.8. The summed E-state index contributed by atoms with van der Waals surface area (Å²) in [6, 6.07) is 14.1. The number of carbonyl (C=O) groups is 1. The van der Waals surface area contributed by atoms with Crippen LogP contribution in [0.1, 0.15) is 73.8 Å². The van der Waals surface area contributed by atoms with Gasteiger partial charge in [0.05, 0.1) is 6.61 Å². The van der Waals surface area contributed by atoms with E-state index in [2.05, 4.69) is 47.4 Å². The van der Waals surface area contributed by atoms with Crippen LogP contribution in [0, 0.1) is 29.5 Å². The second-order valence-electron chi connectivity index (χ2n) is 11.5. The molecule has 44 heavy (non-hydrogen) atoms. The zero-order valence-electron chi connectivity index (χ0n) is 25.1. The SMILES string of the molecule is CCOC(=O)c1csc(-c2cc(-c3cccc(C#CCCC(C)C)c3)n(Cc3ccc(S(N)(=O)=O)c(F)c3)c2CC2CC2)n1. The van der Waals surface area contributed by atoms with E-state index in [1.165, 1.54) is 23.5 Å². The summed E-state index contributed by atoms with van der Waals surface area (Å²) in [4.78, 5) is 16.5. The summed E-state index contributed by atoms with van der Waals surface area (Å²) in [6.07, 6.45) is 4.87. The number of hydrogen-bond acceptors (Lipinski definition) is 6. The molecule has 1 saturated carbocycles.